The molecule has 0 saturated carbocycles. The number of nitrogens with zero attached hydrogens (tertiary/aromatic N) is 1. The monoisotopic (exact) mass is 209 g/mol. The molecule has 5 heteroatoms. The lowest BCUT2D eigenvalue weighted by molar-refractivity contribution is -0.136. The average molecular weight is 209 g/mol. The second-order valence-electron chi connectivity index (χ2n) is 2.73. The zero-order chi connectivity index (χ0) is 9.97. The quantitative estimate of drug-likeness (QED) is 0.840. The van der Waals surface area contributed by atoms with Crippen molar-refractivity contribution in [3.05, 3.63) is 29.7 Å². The van der Waals surface area contributed by atoms with E-state index in [1.165, 1.54) is 11.3 Å². The Morgan fingerprint density at radius 2 is 2.50 bits per heavy atom. The lowest BCUT2D eigenvalue weighted by atomic mass is 10.3. The summed E-state index contributed by atoms with van der Waals surface area (Å²) >= 11 is 1.41. The van der Waals surface area contributed by atoms with Crippen molar-refractivity contribution >= 4 is 17.3 Å². The molecule has 0 aliphatic carbocycles. The first-order valence-corrected chi connectivity index (χ1v) is 4.82. The van der Waals surface area contributed by atoms with Crippen LogP contribution in [0.5, 0.6) is 0 Å². The Labute approximate surface area is 83.8 Å². The number of aromatic nitrogens is 1. The van der Waals surface area contributed by atoms with Gasteiger partial charge in [0.05, 0.1) is 18.4 Å². The Morgan fingerprint density at radius 1 is 1.64 bits per heavy atom. The number of carboxylic acids is 1. The predicted molar refractivity (Wildman–Crippen MR) is 51.2 cm³/mol. The second-order valence-corrected chi connectivity index (χ2v) is 3.58. The number of thiazole rings is 1. The van der Waals surface area contributed by atoms with E-state index in [0.717, 1.165) is 10.6 Å². The van der Waals surface area contributed by atoms with Gasteiger partial charge in [-0.2, -0.15) is 0 Å². The van der Waals surface area contributed by atoms with Crippen LogP contribution in [0.2, 0.25) is 0 Å². The summed E-state index contributed by atoms with van der Waals surface area (Å²) in [6.45, 7) is 0. The van der Waals surface area contributed by atoms with Crippen molar-refractivity contribution in [1.29, 1.82) is 0 Å². The van der Waals surface area contributed by atoms with Crippen molar-refractivity contribution in [2.45, 2.75) is 6.42 Å². The van der Waals surface area contributed by atoms with Crippen LogP contribution in [-0.2, 0) is 11.2 Å². The summed E-state index contributed by atoms with van der Waals surface area (Å²) in [6.07, 6.45) is 3.12. The summed E-state index contributed by atoms with van der Waals surface area (Å²) in [4.78, 5) is 14.6. The van der Waals surface area contributed by atoms with Crippen molar-refractivity contribution in [3.63, 3.8) is 0 Å². The van der Waals surface area contributed by atoms with E-state index < -0.39 is 5.97 Å². The molecule has 2 aromatic rings. The van der Waals surface area contributed by atoms with E-state index in [4.69, 9.17) is 9.52 Å². The van der Waals surface area contributed by atoms with Crippen LogP contribution in [0.15, 0.2) is 28.4 Å². The lowest BCUT2D eigenvalue weighted by Gasteiger charge is -1.88. The molecule has 4 nitrogen and oxygen atoms in total. The van der Waals surface area contributed by atoms with Crippen LogP contribution in [0.1, 0.15) is 5.69 Å². The third kappa shape index (κ3) is 1.82. The summed E-state index contributed by atoms with van der Waals surface area (Å²) in [5, 5.41) is 11.1. The molecule has 0 unspecified atom stereocenters. The standard InChI is InChI=1S/C9H7NO3S/c11-8(12)3-7-5-14-9(10-7)6-1-2-13-4-6/h1-2,4-5H,3H2,(H,11,12). The van der Waals surface area contributed by atoms with Gasteiger partial charge in [0.1, 0.15) is 11.3 Å². The molecule has 0 fully saturated rings. The van der Waals surface area contributed by atoms with Crippen molar-refractivity contribution in [1.82, 2.24) is 4.98 Å². The summed E-state index contributed by atoms with van der Waals surface area (Å²) in [6, 6.07) is 1.80. The third-order valence-corrected chi connectivity index (χ3v) is 2.59. The predicted octanol–water partition coefficient (Wildman–Crippen LogP) is 2.03. The fourth-order valence-corrected chi connectivity index (χ4v) is 1.87. The average Bonchev–Trinajstić information content (AvgIpc) is 2.69. The molecule has 0 bridgehead atoms. The minimum Gasteiger partial charge on any atom is -0.481 e. The Morgan fingerprint density at radius 3 is 3.14 bits per heavy atom. The molecule has 0 radical (unpaired) electrons. The number of aliphatic carboxylic acids is 1. The largest absolute Gasteiger partial charge is 0.481 e. The van der Waals surface area contributed by atoms with Gasteiger partial charge in [-0.1, -0.05) is 0 Å². The molecule has 0 atom stereocenters. The third-order valence-electron chi connectivity index (χ3n) is 1.65. The second kappa shape index (κ2) is 3.63. The molecule has 0 aromatic carbocycles. The molecule has 0 spiro atoms. The highest BCUT2D eigenvalue weighted by Crippen LogP contribution is 2.23. The van der Waals surface area contributed by atoms with E-state index in [0.29, 0.717) is 5.69 Å². The number of hydrogen-bond acceptors (Lipinski definition) is 4. The maximum absolute atomic E-state index is 10.4. The van der Waals surface area contributed by atoms with Gasteiger partial charge in [0.25, 0.3) is 0 Å². The van der Waals surface area contributed by atoms with E-state index in [9.17, 15) is 4.79 Å². The molecule has 2 aromatic heterocycles. The minimum atomic E-state index is -0.867. The van der Waals surface area contributed by atoms with Gasteiger partial charge in [0, 0.05) is 10.9 Å². The van der Waals surface area contributed by atoms with E-state index in [1.54, 1.807) is 24.0 Å². The molecule has 72 valence electrons. The topological polar surface area (TPSA) is 63.3 Å². The highest BCUT2D eigenvalue weighted by Gasteiger charge is 2.08. The molecule has 2 heterocycles. The fourth-order valence-electron chi connectivity index (χ4n) is 1.06. The van der Waals surface area contributed by atoms with Gasteiger partial charge in [0.15, 0.2) is 0 Å². The summed E-state index contributed by atoms with van der Waals surface area (Å²) in [5.74, 6) is -0.867. The van der Waals surface area contributed by atoms with Gasteiger partial charge in [-0.05, 0) is 6.07 Å². The summed E-state index contributed by atoms with van der Waals surface area (Å²) in [7, 11) is 0. The zero-order valence-electron chi connectivity index (χ0n) is 7.14. The van der Waals surface area contributed by atoms with Crippen molar-refractivity contribution in [3.8, 4) is 10.6 Å². The van der Waals surface area contributed by atoms with Gasteiger partial charge < -0.3 is 9.52 Å². The Bertz CT molecular complexity index is 433. The van der Waals surface area contributed by atoms with Crippen LogP contribution < -0.4 is 0 Å². The molecular formula is C9H7NO3S. The van der Waals surface area contributed by atoms with E-state index >= 15 is 0 Å². The number of rotatable bonds is 3. The van der Waals surface area contributed by atoms with Crippen LogP contribution in [-0.4, -0.2) is 16.1 Å². The van der Waals surface area contributed by atoms with Crippen LogP contribution in [0.3, 0.4) is 0 Å². The Kier molecular flexibility index (Phi) is 2.32. The van der Waals surface area contributed by atoms with Gasteiger partial charge in [-0.15, -0.1) is 11.3 Å². The van der Waals surface area contributed by atoms with Crippen LogP contribution in [0, 0.1) is 0 Å². The first-order valence-electron chi connectivity index (χ1n) is 3.94. The smallest absolute Gasteiger partial charge is 0.309 e. The number of carboxylic acid groups (broad SMARTS) is 1. The number of hydrogen-bond donors (Lipinski definition) is 1. The van der Waals surface area contributed by atoms with Crippen LogP contribution in [0.4, 0.5) is 0 Å². The molecule has 14 heavy (non-hydrogen) atoms. The highest BCUT2D eigenvalue weighted by atomic mass is 32.1. The van der Waals surface area contributed by atoms with E-state index in [-0.39, 0.29) is 6.42 Å². The van der Waals surface area contributed by atoms with Crippen LogP contribution in [0.25, 0.3) is 10.6 Å². The maximum atomic E-state index is 10.4. The summed E-state index contributed by atoms with van der Waals surface area (Å²) < 4.78 is 4.91. The molecule has 0 aliphatic rings. The zero-order valence-corrected chi connectivity index (χ0v) is 7.95. The minimum absolute atomic E-state index is 0.0334. The highest BCUT2D eigenvalue weighted by molar-refractivity contribution is 7.13. The Balaban J connectivity index is 2.22. The van der Waals surface area contributed by atoms with Gasteiger partial charge in [-0.3, -0.25) is 4.79 Å². The van der Waals surface area contributed by atoms with E-state index in [2.05, 4.69) is 4.98 Å². The SMILES string of the molecule is O=C(O)Cc1csc(-c2ccoc2)n1. The van der Waals surface area contributed by atoms with Gasteiger partial charge in [-0.25, -0.2) is 4.98 Å². The molecule has 2 rings (SSSR count). The normalized spacial score (nSPS) is 10.3. The molecule has 0 aliphatic heterocycles. The van der Waals surface area contributed by atoms with Crippen LogP contribution >= 0.6 is 11.3 Å². The number of carbonyl (C=O) groups is 1. The molecule has 0 amide bonds. The molecule has 1 N–H and O–H groups in total. The first kappa shape index (κ1) is 8.96. The number of furan rings is 1. The van der Waals surface area contributed by atoms with E-state index in [1.807, 2.05) is 0 Å². The Hall–Kier alpha value is -1.62. The summed E-state index contributed by atoms with van der Waals surface area (Å²) in [5.41, 5.74) is 1.46. The van der Waals surface area contributed by atoms with Crippen molar-refractivity contribution < 1.29 is 14.3 Å². The molecule has 0 saturated heterocycles. The lowest BCUT2D eigenvalue weighted by Crippen LogP contribution is -1.99. The fraction of sp³-hybridized carbons (Fsp3) is 0.111. The van der Waals surface area contributed by atoms with Gasteiger partial charge >= 0.3 is 5.97 Å². The first-order chi connectivity index (χ1) is 6.75. The van der Waals surface area contributed by atoms with Gasteiger partial charge in [0.2, 0.25) is 0 Å². The van der Waals surface area contributed by atoms with Crippen molar-refractivity contribution in [2.24, 2.45) is 0 Å². The molecular weight excluding hydrogens is 202 g/mol. The van der Waals surface area contributed by atoms with Crippen molar-refractivity contribution in [2.75, 3.05) is 0 Å². The maximum Gasteiger partial charge on any atom is 0.309 e.